The SMILES string of the molecule is COc1cc(N)ccc1C(=O)NC1CCC(C)C1C. The van der Waals surface area contributed by atoms with E-state index in [4.69, 9.17) is 10.5 Å². The second-order valence-electron chi connectivity index (χ2n) is 5.45. The third kappa shape index (κ3) is 2.83. The normalized spacial score (nSPS) is 26.2. The fourth-order valence-corrected chi connectivity index (χ4v) is 2.71. The summed E-state index contributed by atoms with van der Waals surface area (Å²) in [6.45, 7) is 4.43. The van der Waals surface area contributed by atoms with Crippen LogP contribution in [0.3, 0.4) is 0 Å². The minimum Gasteiger partial charge on any atom is -0.496 e. The van der Waals surface area contributed by atoms with Gasteiger partial charge in [-0.25, -0.2) is 0 Å². The molecule has 0 heterocycles. The molecule has 19 heavy (non-hydrogen) atoms. The average Bonchev–Trinajstić information content (AvgIpc) is 2.70. The maximum absolute atomic E-state index is 12.3. The molecule has 3 N–H and O–H groups in total. The summed E-state index contributed by atoms with van der Waals surface area (Å²) < 4.78 is 5.22. The summed E-state index contributed by atoms with van der Waals surface area (Å²) in [7, 11) is 1.55. The molecule has 104 valence electrons. The number of amides is 1. The lowest BCUT2D eigenvalue weighted by atomic mass is 9.97. The van der Waals surface area contributed by atoms with Gasteiger partial charge in [0.2, 0.25) is 0 Å². The Bertz CT molecular complexity index is 473. The van der Waals surface area contributed by atoms with Gasteiger partial charge in [-0.3, -0.25) is 4.79 Å². The number of nitrogens with two attached hydrogens (primary N) is 1. The van der Waals surface area contributed by atoms with E-state index in [0.29, 0.717) is 28.8 Å². The molecule has 0 aliphatic heterocycles. The first kappa shape index (κ1) is 13.7. The van der Waals surface area contributed by atoms with Crippen LogP contribution in [0.2, 0.25) is 0 Å². The van der Waals surface area contributed by atoms with Crippen LogP contribution in [0.15, 0.2) is 18.2 Å². The Labute approximate surface area is 114 Å². The van der Waals surface area contributed by atoms with Crippen molar-refractivity contribution >= 4 is 11.6 Å². The number of hydrogen-bond acceptors (Lipinski definition) is 3. The van der Waals surface area contributed by atoms with Crippen molar-refractivity contribution in [1.29, 1.82) is 0 Å². The molecule has 1 amide bonds. The molecule has 0 saturated heterocycles. The Balaban J connectivity index is 2.12. The number of nitrogens with one attached hydrogen (secondary N) is 1. The lowest BCUT2D eigenvalue weighted by Gasteiger charge is -2.20. The highest BCUT2D eigenvalue weighted by Crippen LogP contribution is 2.31. The number of carbonyl (C=O) groups excluding carboxylic acids is 1. The zero-order chi connectivity index (χ0) is 14.0. The first-order valence-corrected chi connectivity index (χ1v) is 6.77. The largest absolute Gasteiger partial charge is 0.496 e. The lowest BCUT2D eigenvalue weighted by Crippen LogP contribution is -2.37. The first-order chi connectivity index (χ1) is 9.02. The van der Waals surface area contributed by atoms with Gasteiger partial charge < -0.3 is 15.8 Å². The number of rotatable bonds is 3. The van der Waals surface area contributed by atoms with Crippen LogP contribution in [0.25, 0.3) is 0 Å². The second-order valence-corrected chi connectivity index (χ2v) is 5.45. The van der Waals surface area contributed by atoms with E-state index in [1.54, 1.807) is 25.3 Å². The van der Waals surface area contributed by atoms with Crippen LogP contribution in [-0.2, 0) is 0 Å². The molecule has 0 bridgehead atoms. The summed E-state index contributed by atoms with van der Waals surface area (Å²) in [6, 6.07) is 5.37. The molecule has 1 aliphatic rings. The average molecular weight is 262 g/mol. The number of methoxy groups -OCH3 is 1. The quantitative estimate of drug-likeness (QED) is 0.822. The van der Waals surface area contributed by atoms with Crippen LogP contribution in [0.5, 0.6) is 5.75 Å². The van der Waals surface area contributed by atoms with E-state index in [2.05, 4.69) is 19.2 Å². The lowest BCUT2D eigenvalue weighted by molar-refractivity contribution is 0.0924. The monoisotopic (exact) mass is 262 g/mol. The number of hydrogen-bond donors (Lipinski definition) is 2. The van der Waals surface area contributed by atoms with Gasteiger partial charge in [-0.15, -0.1) is 0 Å². The van der Waals surface area contributed by atoms with E-state index in [1.807, 2.05) is 0 Å². The van der Waals surface area contributed by atoms with Crippen LogP contribution < -0.4 is 15.8 Å². The molecule has 0 spiro atoms. The molecule has 0 radical (unpaired) electrons. The summed E-state index contributed by atoms with van der Waals surface area (Å²) in [5.41, 5.74) is 6.83. The Morgan fingerprint density at radius 3 is 2.68 bits per heavy atom. The third-order valence-electron chi connectivity index (χ3n) is 4.25. The highest BCUT2D eigenvalue weighted by atomic mass is 16.5. The molecule has 1 aromatic rings. The standard InChI is InChI=1S/C15H22N2O2/c1-9-4-7-13(10(9)2)17-15(18)12-6-5-11(16)8-14(12)19-3/h5-6,8-10,13H,4,7,16H2,1-3H3,(H,17,18). The number of ether oxygens (including phenoxy) is 1. The molecule has 4 heteroatoms. The number of anilines is 1. The van der Waals surface area contributed by atoms with Crippen LogP contribution in [-0.4, -0.2) is 19.1 Å². The Morgan fingerprint density at radius 2 is 2.11 bits per heavy atom. The van der Waals surface area contributed by atoms with Crippen molar-refractivity contribution < 1.29 is 9.53 Å². The van der Waals surface area contributed by atoms with Gasteiger partial charge in [0, 0.05) is 17.8 Å². The van der Waals surface area contributed by atoms with Crippen molar-refractivity contribution in [3.63, 3.8) is 0 Å². The minimum absolute atomic E-state index is 0.0807. The molecule has 2 rings (SSSR count). The Morgan fingerprint density at radius 1 is 1.37 bits per heavy atom. The molecule has 1 aromatic carbocycles. The smallest absolute Gasteiger partial charge is 0.255 e. The van der Waals surface area contributed by atoms with Gasteiger partial charge in [-0.1, -0.05) is 13.8 Å². The molecular formula is C15H22N2O2. The molecule has 1 saturated carbocycles. The van der Waals surface area contributed by atoms with E-state index in [-0.39, 0.29) is 11.9 Å². The highest BCUT2D eigenvalue weighted by Gasteiger charge is 2.31. The van der Waals surface area contributed by atoms with Crippen LogP contribution >= 0.6 is 0 Å². The van der Waals surface area contributed by atoms with Gasteiger partial charge in [0.25, 0.3) is 5.91 Å². The summed E-state index contributed by atoms with van der Waals surface area (Å²) in [6.07, 6.45) is 2.22. The van der Waals surface area contributed by atoms with Crippen LogP contribution in [0, 0.1) is 11.8 Å². The van der Waals surface area contributed by atoms with Crippen LogP contribution in [0.4, 0.5) is 5.69 Å². The van der Waals surface area contributed by atoms with Crippen molar-refractivity contribution in [1.82, 2.24) is 5.32 Å². The van der Waals surface area contributed by atoms with Crippen LogP contribution in [0.1, 0.15) is 37.0 Å². The predicted molar refractivity (Wildman–Crippen MR) is 76.2 cm³/mol. The zero-order valence-corrected chi connectivity index (χ0v) is 11.8. The first-order valence-electron chi connectivity index (χ1n) is 6.77. The van der Waals surface area contributed by atoms with E-state index < -0.39 is 0 Å². The maximum Gasteiger partial charge on any atom is 0.255 e. The number of carbonyl (C=O) groups is 1. The maximum atomic E-state index is 12.3. The van der Waals surface area contributed by atoms with Gasteiger partial charge in [0.1, 0.15) is 5.75 Å². The van der Waals surface area contributed by atoms with E-state index >= 15 is 0 Å². The Hall–Kier alpha value is -1.71. The van der Waals surface area contributed by atoms with E-state index in [9.17, 15) is 4.79 Å². The molecule has 4 nitrogen and oxygen atoms in total. The van der Waals surface area contributed by atoms with Gasteiger partial charge >= 0.3 is 0 Å². The summed E-state index contributed by atoms with van der Waals surface area (Å²) >= 11 is 0. The van der Waals surface area contributed by atoms with Gasteiger partial charge in [-0.05, 0) is 36.8 Å². The van der Waals surface area contributed by atoms with E-state index in [1.165, 1.54) is 6.42 Å². The number of nitrogen functional groups attached to an aromatic ring is 1. The number of benzene rings is 1. The van der Waals surface area contributed by atoms with Crippen molar-refractivity contribution in [3.8, 4) is 5.75 Å². The predicted octanol–water partition coefficient (Wildman–Crippen LogP) is 2.44. The fourth-order valence-electron chi connectivity index (χ4n) is 2.71. The molecule has 3 unspecified atom stereocenters. The summed E-state index contributed by atoms with van der Waals surface area (Å²) in [4.78, 5) is 12.3. The molecule has 1 aliphatic carbocycles. The highest BCUT2D eigenvalue weighted by molar-refractivity contribution is 5.97. The van der Waals surface area contributed by atoms with Crippen molar-refractivity contribution in [2.24, 2.45) is 11.8 Å². The fraction of sp³-hybridized carbons (Fsp3) is 0.533. The minimum atomic E-state index is -0.0807. The topological polar surface area (TPSA) is 64.3 Å². The molecule has 0 aromatic heterocycles. The third-order valence-corrected chi connectivity index (χ3v) is 4.25. The Kier molecular flexibility index (Phi) is 3.98. The van der Waals surface area contributed by atoms with Gasteiger partial charge in [-0.2, -0.15) is 0 Å². The van der Waals surface area contributed by atoms with E-state index in [0.717, 1.165) is 6.42 Å². The van der Waals surface area contributed by atoms with Crippen molar-refractivity contribution in [2.45, 2.75) is 32.7 Å². The van der Waals surface area contributed by atoms with Gasteiger partial charge in [0.15, 0.2) is 0 Å². The van der Waals surface area contributed by atoms with Crippen molar-refractivity contribution in [2.75, 3.05) is 12.8 Å². The summed E-state index contributed by atoms with van der Waals surface area (Å²) in [5.74, 6) is 1.63. The molecular weight excluding hydrogens is 240 g/mol. The molecule has 3 atom stereocenters. The van der Waals surface area contributed by atoms with Gasteiger partial charge in [0.05, 0.1) is 12.7 Å². The summed E-state index contributed by atoms with van der Waals surface area (Å²) in [5, 5.41) is 3.11. The molecule has 1 fully saturated rings. The van der Waals surface area contributed by atoms with Crippen molar-refractivity contribution in [3.05, 3.63) is 23.8 Å². The second kappa shape index (κ2) is 5.51. The zero-order valence-electron chi connectivity index (χ0n) is 11.8.